The predicted molar refractivity (Wildman–Crippen MR) is 67.4 cm³/mol. The van der Waals surface area contributed by atoms with Crippen molar-refractivity contribution in [3.8, 4) is 11.4 Å². The van der Waals surface area contributed by atoms with Crippen LogP contribution in [0.1, 0.15) is 0 Å². The van der Waals surface area contributed by atoms with Crippen molar-refractivity contribution in [2.45, 2.75) is 0 Å². The summed E-state index contributed by atoms with van der Waals surface area (Å²) in [5, 5.41) is 24.3. The van der Waals surface area contributed by atoms with Gasteiger partial charge in [-0.2, -0.15) is 0 Å². The minimum Gasteiger partial charge on any atom is -0.710 e. The second-order valence-electron chi connectivity index (χ2n) is 4.00. The van der Waals surface area contributed by atoms with Crippen LogP contribution in [0.5, 0.6) is 0 Å². The molecule has 3 rings (SSSR count). The number of rotatable bonds is 1. The molecule has 0 fully saturated rings. The standard InChI is InChI=1S/C13H7ClFN2O2/c14-8-4-3-5-9(15)12(8)13-16(18)10-6-1-2-7-11(10)17(13)19/h1-7H. The fourth-order valence-electron chi connectivity index (χ4n) is 2.03. The maximum atomic E-state index is 13.8. The lowest BCUT2D eigenvalue weighted by Crippen LogP contribution is -2.28. The number of hydrogen-bond acceptors (Lipinski definition) is 1. The number of hydrogen-bond donors (Lipinski definition) is 0. The number of benzene rings is 2. The molecule has 0 aliphatic rings. The van der Waals surface area contributed by atoms with Gasteiger partial charge in [0.25, 0.3) is 0 Å². The third kappa shape index (κ3) is 1.62. The van der Waals surface area contributed by atoms with E-state index in [-0.39, 0.29) is 27.4 Å². The second kappa shape index (κ2) is 4.13. The number of imidazole rings is 1. The van der Waals surface area contributed by atoms with Gasteiger partial charge in [-0.1, -0.05) is 35.0 Å². The summed E-state index contributed by atoms with van der Waals surface area (Å²) in [5.41, 5.74) is 0.156. The quantitative estimate of drug-likeness (QED) is 0.498. The molecular weight excluding hydrogens is 271 g/mol. The molecule has 1 aromatic heterocycles. The van der Waals surface area contributed by atoms with Gasteiger partial charge in [-0.3, -0.25) is 0 Å². The maximum Gasteiger partial charge on any atom is 0.342 e. The average molecular weight is 278 g/mol. The molecule has 0 spiro atoms. The maximum absolute atomic E-state index is 13.8. The highest BCUT2D eigenvalue weighted by Crippen LogP contribution is 2.30. The molecule has 0 N–H and O–H groups in total. The average Bonchev–Trinajstić information content (AvgIpc) is 2.64. The summed E-state index contributed by atoms with van der Waals surface area (Å²) in [4.78, 5) is 0. The van der Waals surface area contributed by atoms with Gasteiger partial charge in [-0.25, -0.2) is 9.12 Å². The summed E-state index contributed by atoms with van der Waals surface area (Å²) < 4.78 is 14.6. The summed E-state index contributed by atoms with van der Waals surface area (Å²) in [5.74, 6) is -1.07. The van der Waals surface area contributed by atoms with E-state index in [1.165, 1.54) is 24.3 Å². The largest absolute Gasteiger partial charge is 0.710 e. The molecule has 1 radical (unpaired) electrons. The first kappa shape index (κ1) is 11.8. The van der Waals surface area contributed by atoms with Crippen LogP contribution >= 0.6 is 11.6 Å². The highest BCUT2D eigenvalue weighted by Gasteiger charge is 2.28. The van der Waals surface area contributed by atoms with Gasteiger partial charge in [0.1, 0.15) is 11.4 Å². The molecule has 0 atom stereocenters. The van der Waals surface area contributed by atoms with Gasteiger partial charge >= 0.3 is 5.82 Å². The molecular formula is C13H7ClFN2O2. The van der Waals surface area contributed by atoms with E-state index in [4.69, 9.17) is 11.6 Å². The van der Waals surface area contributed by atoms with Crippen molar-refractivity contribution < 1.29 is 14.3 Å². The summed E-state index contributed by atoms with van der Waals surface area (Å²) >= 11 is 5.89. The number of para-hydroxylation sites is 2. The normalized spacial score (nSPS) is 11.1. The number of fused-ring (bicyclic) bond motifs is 1. The van der Waals surface area contributed by atoms with Crippen molar-refractivity contribution in [1.29, 1.82) is 0 Å². The van der Waals surface area contributed by atoms with Gasteiger partial charge in [0.05, 0.1) is 5.02 Å². The number of aromatic nitrogens is 2. The fourth-order valence-corrected chi connectivity index (χ4v) is 2.28. The highest BCUT2D eigenvalue weighted by atomic mass is 35.5. The Hall–Kier alpha value is -2.27. The Morgan fingerprint density at radius 2 is 1.89 bits per heavy atom. The Labute approximate surface area is 112 Å². The van der Waals surface area contributed by atoms with Crippen molar-refractivity contribution in [1.82, 2.24) is 4.73 Å². The second-order valence-corrected chi connectivity index (χ2v) is 4.40. The smallest absolute Gasteiger partial charge is 0.342 e. The first-order valence-electron chi connectivity index (χ1n) is 5.46. The van der Waals surface area contributed by atoms with Gasteiger partial charge in [0, 0.05) is 4.73 Å². The van der Waals surface area contributed by atoms with Crippen LogP contribution < -0.4 is 4.73 Å². The third-order valence-corrected chi connectivity index (χ3v) is 3.21. The van der Waals surface area contributed by atoms with Crippen LogP contribution in [-0.4, -0.2) is 4.73 Å². The van der Waals surface area contributed by atoms with Crippen molar-refractivity contribution in [2.75, 3.05) is 0 Å². The number of halogens is 2. The predicted octanol–water partition coefficient (Wildman–Crippen LogP) is 2.93. The molecule has 3 aromatic rings. The van der Waals surface area contributed by atoms with Crippen LogP contribution in [0.4, 0.5) is 4.39 Å². The summed E-state index contributed by atoms with van der Waals surface area (Å²) in [7, 11) is 0. The van der Waals surface area contributed by atoms with Crippen molar-refractivity contribution in [2.24, 2.45) is 0 Å². The summed E-state index contributed by atoms with van der Waals surface area (Å²) in [6.45, 7) is 0. The SMILES string of the molecule is [O]n1c(-c2c(F)cccc2Cl)[n+]([O-])c2ccccc21. The number of nitrogens with zero attached hydrogens (tertiary/aromatic N) is 2. The Balaban J connectivity index is 2.44. The molecule has 0 aliphatic heterocycles. The van der Waals surface area contributed by atoms with Gasteiger partial charge in [-0.05, 0) is 24.3 Å². The zero-order valence-electron chi connectivity index (χ0n) is 9.51. The molecule has 4 nitrogen and oxygen atoms in total. The van der Waals surface area contributed by atoms with Crippen LogP contribution in [-0.2, 0) is 5.21 Å². The zero-order chi connectivity index (χ0) is 13.6. The van der Waals surface area contributed by atoms with E-state index in [0.29, 0.717) is 9.46 Å². The molecule has 19 heavy (non-hydrogen) atoms. The highest BCUT2D eigenvalue weighted by molar-refractivity contribution is 6.33. The van der Waals surface area contributed by atoms with Crippen LogP contribution in [0.2, 0.25) is 5.02 Å². The van der Waals surface area contributed by atoms with Gasteiger partial charge in [0.15, 0.2) is 5.52 Å². The Morgan fingerprint density at radius 3 is 2.58 bits per heavy atom. The van der Waals surface area contributed by atoms with Gasteiger partial charge in [0.2, 0.25) is 5.52 Å². The van der Waals surface area contributed by atoms with E-state index in [0.717, 1.165) is 6.07 Å². The third-order valence-electron chi connectivity index (χ3n) is 2.89. The lowest BCUT2D eigenvalue weighted by atomic mass is 10.2. The van der Waals surface area contributed by atoms with Crippen molar-refractivity contribution in [3.05, 3.63) is 58.5 Å². The van der Waals surface area contributed by atoms with Gasteiger partial charge in [-0.15, -0.1) is 0 Å². The lowest BCUT2D eigenvalue weighted by Gasteiger charge is -2.05. The monoisotopic (exact) mass is 277 g/mol. The van der Waals surface area contributed by atoms with Crippen molar-refractivity contribution in [3.63, 3.8) is 0 Å². The van der Waals surface area contributed by atoms with Crippen LogP contribution in [0.15, 0.2) is 42.5 Å². The lowest BCUT2D eigenvalue weighted by molar-refractivity contribution is -0.567. The molecule has 0 unspecified atom stereocenters. The zero-order valence-corrected chi connectivity index (χ0v) is 10.3. The molecule has 0 amide bonds. The molecule has 6 heteroatoms. The van der Waals surface area contributed by atoms with Crippen LogP contribution in [0, 0.1) is 11.0 Å². The first-order chi connectivity index (χ1) is 9.11. The van der Waals surface area contributed by atoms with E-state index in [1.54, 1.807) is 12.1 Å². The Bertz CT molecular complexity index is 726. The van der Waals surface area contributed by atoms with Crippen LogP contribution in [0.25, 0.3) is 22.4 Å². The minimum absolute atomic E-state index is 0.0181. The molecule has 0 aliphatic carbocycles. The first-order valence-corrected chi connectivity index (χ1v) is 5.84. The molecule has 0 bridgehead atoms. The van der Waals surface area contributed by atoms with Gasteiger partial charge < -0.3 is 5.21 Å². The topological polar surface area (TPSA) is 51.8 Å². The van der Waals surface area contributed by atoms with Crippen LogP contribution in [0.3, 0.4) is 0 Å². The van der Waals surface area contributed by atoms with E-state index in [1.807, 2.05) is 0 Å². The van der Waals surface area contributed by atoms with E-state index >= 15 is 0 Å². The Kier molecular flexibility index (Phi) is 2.57. The molecule has 0 saturated heterocycles. The summed E-state index contributed by atoms with van der Waals surface area (Å²) in [6, 6.07) is 10.2. The summed E-state index contributed by atoms with van der Waals surface area (Å²) in [6.07, 6.45) is 0. The van der Waals surface area contributed by atoms with E-state index in [2.05, 4.69) is 0 Å². The minimum atomic E-state index is -0.711. The van der Waals surface area contributed by atoms with Crippen molar-refractivity contribution >= 4 is 22.6 Å². The fraction of sp³-hybridized carbons (Fsp3) is 0. The van der Waals surface area contributed by atoms with E-state index in [9.17, 15) is 14.8 Å². The molecule has 2 aromatic carbocycles. The molecule has 1 heterocycles. The molecule has 95 valence electrons. The Morgan fingerprint density at radius 1 is 1.16 bits per heavy atom. The molecule has 0 saturated carbocycles. The van der Waals surface area contributed by atoms with E-state index < -0.39 is 5.82 Å².